The summed E-state index contributed by atoms with van der Waals surface area (Å²) in [6.07, 6.45) is -0.190. The Morgan fingerprint density at radius 1 is 1.59 bits per heavy atom. The van der Waals surface area contributed by atoms with Crippen molar-refractivity contribution in [2.45, 2.75) is 19.1 Å². The highest BCUT2D eigenvalue weighted by Crippen LogP contribution is 2.21. The standard InChI is InChI=1S/C10H15ClN4O2/c1-6-3-15(4-7(5-16)17-6)9-2-8(11)13-10(12)14-9/h2,6-7,16H,3-5H2,1H3,(H2,12,13,14). The van der Waals surface area contributed by atoms with E-state index in [2.05, 4.69) is 9.97 Å². The van der Waals surface area contributed by atoms with Gasteiger partial charge in [0.2, 0.25) is 5.95 Å². The van der Waals surface area contributed by atoms with Crippen LogP contribution in [0.25, 0.3) is 0 Å². The van der Waals surface area contributed by atoms with Gasteiger partial charge in [-0.05, 0) is 6.92 Å². The first-order valence-electron chi connectivity index (χ1n) is 5.40. The molecule has 2 heterocycles. The average Bonchev–Trinajstić information content (AvgIpc) is 2.26. The fourth-order valence-corrected chi connectivity index (χ4v) is 2.10. The molecular formula is C10H15ClN4O2. The monoisotopic (exact) mass is 258 g/mol. The molecule has 2 unspecified atom stereocenters. The van der Waals surface area contributed by atoms with Gasteiger partial charge >= 0.3 is 0 Å². The second-order valence-electron chi connectivity index (χ2n) is 4.06. The minimum absolute atomic E-state index is 0.0187. The van der Waals surface area contributed by atoms with E-state index < -0.39 is 0 Å². The fourth-order valence-electron chi connectivity index (χ4n) is 1.92. The van der Waals surface area contributed by atoms with E-state index in [-0.39, 0.29) is 24.8 Å². The zero-order valence-electron chi connectivity index (χ0n) is 9.51. The summed E-state index contributed by atoms with van der Waals surface area (Å²) < 4.78 is 5.55. The van der Waals surface area contributed by atoms with Gasteiger partial charge in [-0.3, -0.25) is 0 Å². The van der Waals surface area contributed by atoms with Crippen LogP contribution in [0.15, 0.2) is 6.07 Å². The van der Waals surface area contributed by atoms with Gasteiger partial charge in [-0.2, -0.15) is 4.98 Å². The maximum atomic E-state index is 9.15. The van der Waals surface area contributed by atoms with E-state index >= 15 is 0 Å². The molecule has 3 N–H and O–H groups in total. The molecule has 1 saturated heterocycles. The lowest BCUT2D eigenvalue weighted by atomic mass is 10.2. The molecule has 1 aliphatic heterocycles. The van der Waals surface area contributed by atoms with Gasteiger partial charge in [0.15, 0.2) is 0 Å². The number of hydrogen-bond acceptors (Lipinski definition) is 6. The van der Waals surface area contributed by atoms with E-state index in [1.165, 1.54) is 0 Å². The Balaban J connectivity index is 2.20. The van der Waals surface area contributed by atoms with Crippen molar-refractivity contribution in [3.05, 3.63) is 11.2 Å². The Bertz CT molecular complexity index is 384. The molecule has 0 saturated carbocycles. The number of aliphatic hydroxyl groups is 1. The molecule has 0 amide bonds. The summed E-state index contributed by atoms with van der Waals surface area (Å²) in [6.45, 7) is 3.17. The van der Waals surface area contributed by atoms with Crippen LogP contribution in [0.4, 0.5) is 11.8 Å². The van der Waals surface area contributed by atoms with Crippen LogP contribution in [0.3, 0.4) is 0 Å². The maximum Gasteiger partial charge on any atom is 0.223 e. The smallest absolute Gasteiger partial charge is 0.223 e. The number of halogens is 1. The maximum absolute atomic E-state index is 9.15. The Morgan fingerprint density at radius 2 is 2.35 bits per heavy atom. The summed E-state index contributed by atoms with van der Waals surface area (Å²) in [7, 11) is 0. The molecule has 6 nitrogen and oxygen atoms in total. The molecular weight excluding hydrogens is 244 g/mol. The van der Waals surface area contributed by atoms with Crippen LogP contribution in [-0.2, 0) is 4.74 Å². The molecule has 0 aromatic carbocycles. The van der Waals surface area contributed by atoms with Crippen LogP contribution in [0.2, 0.25) is 5.15 Å². The van der Waals surface area contributed by atoms with E-state index in [1.807, 2.05) is 11.8 Å². The van der Waals surface area contributed by atoms with Crippen LogP contribution >= 0.6 is 11.6 Å². The zero-order chi connectivity index (χ0) is 12.4. The normalized spacial score (nSPS) is 25.0. The van der Waals surface area contributed by atoms with Crippen LogP contribution in [0.5, 0.6) is 0 Å². The van der Waals surface area contributed by atoms with Gasteiger partial charge in [0.25, 0.3) is 0 Å². The number of nitrogens with zero attached hydrogens (tertiary/aromatic N) is 3. The number of aromatic nitrogens is 2. The van der Waals surface area contributed by atoms with Gasteiger partial charge in [0, 0.05) is 19.2 Å². The van der Waals surface area contributed by atoms with Crippen LogP contribution in [-0.4, -0.2) is 47.0 Å². The van der Waals surface area contributed by atoms with Crippen LogP contribution < -0.4 is 10.6 Å². The molecule has 0 radical (unpaired) electrons. The van der Waals surface area contributed by atoms with Gasteiger partial charge in [0.1, 0.15) is 11.0 Å². The minimum Gasteiger partial charge on any atom is -0.394 e. The van der Waals surface area contributed by atoms with E-state index in [1.54, 1.807) is 6.07 Å². The average molecular weight is 259 g/mol. The van der Waals surface area contributed by atoms with Crippen molar-refractivity contribution in [3.8, 4) is 0 Å². The number of anilines is 2. The van der Waals surface area contributed by atoms with Crippen molar-refractivity contribution < 1.29 is 9.84 Å². The summed E-state index contributed by atoms with van der Waals surface area (Å²) in [5.41, 5.74) is 5.55. The lowest BCUT2D eigenvalue weighted by molar-refractivity contribution is -0.0423. The first kappa shape index (κ1) is 12.3. The van der Waals surface area contributed by atoms with Crippen molar-refractivity contribution in [2.24, 2.45) is 0 Å². The number of nitrogen functional groups attached to an aromatic ring is 1. The number of hydrogen-bond donors (Lipinski definition) is 2. The molecule has 94 valence electrons. The summed E-state index contributed by atoms with van der Waals surface area (Å²) >= 11 is 5.84. The second-order valence-corrected chi connectivity index (χ2v) is 4.45. The van der Waals surface area contributed by atoms with Crippen molar-refractivity contribution in [1.82, 2.24) is 9.97 Å². The molecule has 2 rings (SSSR count). The molecule has 1 aliphatic rings. The van der Waals surface area contributed by atoms with Crippen molar-refractivity contribution >= 4 is 23.4 Å². The van der Waals surface area contributed by atoms with Crippen molar-refractivity contribution in [3.63, 3.8) is 0 Å². The Hall–Kier alpha value is -1.11. The summed E-state index contributed by atoms with van der Waals surface area (Å²) in [5, 5.41) is 9.46. The predicted molar refractivity (Wildman–Crippen MR) is 65.1 cm³/mol. The Morgan fingerprint density at radius 3 is 3.00 bits per heavy atom. The highest BCUT2D eigenvalue weighted by atomic mass is 35.5. The molecule has 1 aromatic heterocycles. The molecule has 0 bridgehead atoms. The number of morpholine rings is 1. The first-order chi connectivity index (χ1) is 8.08. The van der Waals surface area contributed by atoms with Crippen LogP contribution in [0.1, 0.15) is 6.92 Å². The third-order valence-corrected chi connectivity index (χ3v) is 2.75. The fraction of sp³-hybridized carbons (Fsp3) is 0.600. The number of ether oxygens (including phenoxy) is 1. The number of nitrogens with two attached hydrogens (primary N) is 1. The molecule has 17 heavy (non-hydrogen) atoms. The van der Waals surface area contributed by atoms with Crippen molar-refractivity contribution in [1.29, 1.82) is 0 Å². The van der Waals surface area contributed by atoms with Gasteiger partial charge in [0.05, 0.1) is 18.8 Å². The lowest BCUT2D eigenvalue weighted by Crippen LogP contribution is -2.48. The van der Waals surface area contributed by atoms with Gasteiger partial charge in [-0.15, -0.1) is 0 Å². The van der Waals surface area contributed by atoms with Crippen LogP contribution in [0, 0.1) is 0 Å². The topological polar surface area (TPSA) is 84.5 Å². The first-order valence-corrected chi connectivity index (χ1v) is 5.77. The lowest BCUT2D eigenvalue weighted by Gasteiger charge is -2.36. The number of rotatable bonds is 2. The molecule has 1 fully saturated rings. The Labute approximate surface area is 104 Å². The summed E-state index contributed by atoms with van der Waals surface area (Å²) in [5.74, 6) is 0.809. The highest BCUT2D eigenvalue weighted by molar-refractivity contribution is 6.29. The third kappa shape index (κ3) is 2.96. The van der Waals surface area contributed by atoms with Crippen molar-refractivity contribution in [2.75, 3.05) is 30.3 Å². The quantitative estimate of drug-likeness (QED) is 0.742. The van der Waals surface area contributed by atoms with E-state index in [4.69, 9.17) is 27.2 Å². The third-order valence-electron chi connectivity index (χ3n) is 2.55. The Kier molecular flexibility index (Phi) is 3.66. The number of aliphatic hydroxyl groups excluding tert-OH is 1. The van der Waals surface area contributed by atoms with Gasteiger partial charge in [-0.1, -0.05) is 11.6 Å². The zero-order valence-corrected chi connectivity index (χ0v) is 10.3. The molecule has 2 atom stereocenters. The van der Waals surface area contributed by atoms with E-state index in [9.17, 15) is 0 Å². The second kappa shape index (κ2) is 5.03. The predicted octanol–water partition coefficient (Wildman–Crippen LogP) is 0.298. The molecule has 0 aliphatic carbocycles. The minimum atomic E-state index is -0.214. The molecule has 0 spiro atoms. The van der Waals surface area contributed by atoms with Gasteiger partial charge in [-0.25, -0.2) is 4.98 Å². The van der Waals surface area contributed by atoms with E-state index in [0.29, 0.717) is 24.1 Å². The highest BCUT2D eigenvalue weighted by Gasteiger charge is 2.26. The van der Waals surface area contributed by atoms with Gasteiger partial charge < -0.3 is 20.5 Å². The van der Waals surface area contributed by atoms with E-state index in [0.717, 1.165) is 0 Å². The summed E-state index contributed by atoms with van der Waals surface area (Å²) in [4.78, 5) is 9.93. The molecule has 7 heteroatoms. The SMILES string of the molecule is CC1CN(c2cc(Cl)nc(N)n2)CC(CO)O1. The summed E-state index contributed by atoms with van der Waals surface area (Å²) in [6, 6.07) is 1.66. The largest absolute Gasteiger partial charge is 0.394 e. The molecule has 1 aromatic rings.